The molecule has 0 aliphatic carbocycles. The summed E-state index contributed by atoms with van der Waals surface area (Å²) in [5, 5.41) is 8.27. The second kappa shape index (κ2) is 8.92. The molecule has 0 atom stereocenters. The number of carbonyl (C=O) groups is 1. The van der Waals surface area contributed by atoms with Crippen molar-refractivity contribution >= 4 is 22.6 Å². The third-order valence-corrected chi connectivity index (χ3v) is 5.55. The number of halogens is 1. The van der Waals surface area contributed by atoms with Crippen LogP contribution in [0.5, 0.6) is 0 Å². The first-order valence-corrected chi connectivity index (χ1v) is 10.6. The van der Waals surface area contributed by atoms with E-state index in [4.69, 9.17) is 0 Å². The topological polar surface area (TPSA) is 63.1 Å². The molecule has 3 aromatic rings. The number of fused-ring (bicyclic) bond motifs is 1. The molecule has 0 radical (unpaired) electrons. The average molecular weight is 410 g/mol. The molecule has 30 heavy (non-hydrogen) atoms. The Labute approximate surface area is 176 Å². The highest BCUT2D eigenvalue weighted by atomic mass is 19.1. The smallest absolute Gasteiger partial charge is 0.225 e. The van der Waals surface area contributed by atoms with E-state index in [0.717, 1.165) is 42.8 Å². The Bertz CT molecular complexity index is 1020. The normalized spacial score (nSPS) is 15.7. The SMILES string of the molecule is CC(C)CC(=O)Nc1ccnn1C1CCN(Cc2ccc3cccc(F)c3n2)CC1. The summed E-state index contributed by atoms with van der Waals surface area (Å²) >= 11 is 0. The fourth-order valence-corrected chi connectivity index (χ4v) is 4.06. The molecule has 1 aromatic carbocycles. The molecule has 0 unspecified atom stereocenters. The molecule has 1 fully saturated rings. The Morgan fingerprint density at radius 3 is 2.77 bits per heavy atom. The van der Waals surface area contributed by atoms with Crippen LogP contribution in [0.25, 0.3) is 10.9 Å². The van der Waals surface area contributed by atoms with E-state index in [1.165, 1.54) is 6.07 Å². The summed E-state index contributed by atoms with van der Waals surface area (Å²) < 4.78 is 16.0. The Kier molecular flexibility index (Phi) is 6.08. The lowest BCUT2D eigenvalue weighted by molar-refractivity contribution is -0.116. The average Bonchev–Trinajstić information content (AvgIpc) is 3.16. The molecule has 1 saturated heterocycles. The second-order valence-electron chi connectivity index (χ2n) is 8.43. The van der Waals surface area contributed by atoms with Gasteiger partial charge >= 0.3 is 0 Å². The summed E-state index contributed by atoms with van der Waals surface area (Å²) in [6, 6.07) is 11.1. The number of pyridine rings is 1. The number of para-hydroxylation sites is 1. The van der Waals surface area contributed by atoms with Gasteiger partial charge in [0.2, 0.25) is 5.91 Å². The van der Waals surface area contributed by atoms with Crippen LogP contribution in [0.1, 0.15) is 44.8 Å². The largest absolute Gasteiger partial charge is 0.311 e. The first-order chi connectivity index (χ1) is 14.5. The van der Waals surface area contributed by atoms with Crippen molar-refractivity contribution < 1.29 is 9.18 Å². The first-order valence-electron chi connectivity index (χ1n) is 10.6. The molecular weight excluding hydrogens is 381 g/mol. The molecule has 3 heterocycles. The molecule has 1 N–H and O–H groups in total. The van der Waals surface area contributed by atoms with Crippen molar-refractivity contribution in [1.29, 1.82) is 0 Å². The number of rotatable bonds is 6. The standard InChI is InChI=1S/C23H28FN5O/c1-16(2)14-22(30)27-21-8-11-25-29(21)19-9-12-28(13-10-19)15-18-7-6-17-4-3-5-20(24)23(17)26-18/h3-8,11,16,19H,9-10,12-15H2,1-2H3,(H,27,30). The minimum Gasteiger partial charge on any atom is -0.311 e. The Morgan fingerprint density at radius 1 is 1.20 bits per heavy atom. The zero-order valence-corrected chi connectivity index (χ0v) is 17.5. The summed E-state index contributed by atoms with van der Waals surface area (Å²) in [5.41, 5.74) is 1.31. The number of piperidine rings is 1. The Morgan fingerprint density at radius 2 is 2.00 bits per heavy atom. The lowest BCUT2D eigenvalue weighted by Crippen LogP contribution is -2.35. The zero-order chi connectivity index (χ0) is 21.1. The van der Waals surface area contributed by atoms with Gasteiger partial charge in [-0.05, 0) is 30.9 Å². The van der Waals surface area contributed by atoms with Crippen LogP contribution in [-0.4, -0.2) is 38.7 Å². The monoisotopic (exact) mass is 409 g/mol. The molecule has 1 aliphatic rings. The van der Waals surface area contributed by atoms with Gasteiger partial charge in [-0.3, -0.25) is 9.69 Å². The van der Waals surface area contributed by atoms with Crippen LogP contribution in [-0.2, 0) is 11.3 Å². The number of aromatic nitrogens is 3. The number of nitrogens with one attached hydrogen (secondary N) is 1. The molecule has 4 rings (SSSR count). The van der Waals surface area contributed by atoms with Crippen molar-refractivity contribution in [2.75, 3.05) is 18.4 Å². The van der Waals surface area contributed by atoms with Gasteiger partial charge < -0.3 is 5.32 Å². The zero-order valence-electron chi connectivity index (χ0n) is 17.5. The van der Waals surface area contributed by atoms with E-state index in [2.05, 4.69) is 20.3 Å². The van der Waals surface area contributed by atoms with E-state index >= 15 is 0 Å². The van der Waals surface area contributed by atoms with Crippen molar-refractivity contribution in [2.45, 2.75) is 45.7 Å². The minimum atomic E-state index is -0.279. The van der Waals surface area contributed by atoms with Crippen LogP contribution < -0.4 is 5.32 Å². The van der Waals surface area contributed by atoms with Crippen molar-refractivity contribution in [3.8, 4) is 0 Å². The van der Waals surface area contributed by atoms with Crippen LogP contribution >= 0.6 is 0 Å². The van der Waals surface area contributed by atoms with E-state index in [-0.39, 0.29) is 17.8 Å². The fraction of sp³-hybridized carbons (Fsp3) is 0.435. The molecular formula is C23H28FN5O. The number of carbonyl (C=O) groups excluding carboxylic acids is 1. The number of benzene rings is 1. The van der Waals surface area contributed by atoms with Crippen LogP contribution in [0.15, 0.2) is 42.6 Å². The summed E-state index contributed by atoms with van der Waals surface area (Å²) in [7, 11) is 0. The highest BCUT2D eigenvalue weighted by Gasteiger charge is 2.23. The van der Waals surface area contributed by atoms with Crippen molar-refractivity contribution in [3.63, 3.8) is 0 Å². The number of likely N-dealkylation sites (tertiary alicyclic amines) is 1. The highest BCUT2D eigenvalue weighted by Crippen LogP contribution is 2.26. The fourth-order valence-electron chi connectivity index (χ4n) is 4.06. The van der Waals surface area contributed by atoms with Gasteiger partial charge in [-0.15, -0.1) is 0 Å². The summed E-state index contributed by atoms with van der Waals surface area (Å²) in [6.07, 6.45) is 4.13. The van der Waals surface area contributed by atoms with Crippen molar-refractivity contribution in [3.05, 3.63) is 54.1 Å². The van der Waals surface area contributed by atoms with Gasteiger partial charge in [-0.2, -0.15) is 5.10 Å². The molecule has 6 nitrogen and oxygen atoms in total. The first kappa shape index (κ1) is 20.5. The van der Waals surface area contributed by atoms with E-state index < -0.39 is 0 Å². The van der Waals surface area contributed by atoms with Gasteiger partial charge in [0.15, 0.2) is 0 Å². The molecule has 0 spiro atoms. The highest BCUT2D eigenvalue weighted by molar-refractivity contribution is 5.89. The number of hydrogen-bond donors (Lipinski definition) is 1. The van der Waals surface area contributed by atoms with Gasteiger partial charge in [0.1, 0.15) is 17.2 Å². The number of nitrogens with zero attached hydrogens (tertiary/aromatic N) is 4. The van der Waals surface area contributed by atoms with Crippen molar-refractivity contribution in [2.24, 2.45) is 5.92 Å². The Hall–Kier alpha value is -2.80. The minimum absolute atomic E-state index is 0.0267. The number of anilines is 1. The van der Waals surface area contributed by atoms with Gasteiger partial charge in [-0.25, -0.2) is 14.1 Å². The summed E-state index contributed by atoms with van der Waals surface area (Å²) in [6.45, 7) is 6.58. The lowest BCUT2D eigenvalue weighted by atomic mass is 10.0. The number of amides is 1. The molecule has 2 aromatic heterocycles. The third kappa shape index (κ3) is 4.67. The van der Waals surface area contributed by atoms with Crippen LogP contribution in [0, 0.1) is 11.7 Å². The van der Waals surface area contributed by atoms with Crippen LogP contribution in [0.4, 0.5) is 10.2 Å². The van der Waals surface area contributed by atoms with Gasteiger partial charge in [0, 0.05) is 37.5 Å². The second-order valence-corrected chi connectivity index (χ2v) is 8.43. The summed E-state index contributed by atoms with van der Waals surface area (Å²) in [4.78, 5) is 19.0. The maximum absolute atomic E-state index is 14.0. The Balaban J connectivity index is 1.36. The van der Waals surface area contributed by atoms with E-state index in [1.807, 2.05) is 42.8 Å². The molecule has 0 bridgehead atoms. The van der Waals surface area contributed by atoms with Crippen LogP contribution in [0.3, 0.4) is 0 Å². The van der Waals surface area contributed by atoms with E-state index in [0.29, 0.717) is 24.4 Å². The number of hydrogen-bond acceptors (Lipinski definition) is 4. The molecule has 1 amide bonds. The van der Waals surface area contributed by atoms with Crippen LogP contribution in [0.2, 0.25) is 0 Å². The van der Waals surface area contributed by atoms with Crippen molar-refractivity contribution in [1.82, 2.24) is 19.7 Å². The molecule has 1 aliphatic heterocycles. The molecule has 158 valence electrons. The quantitative estimate of drug-likeness (QED) is 0.656. The predicted octanol–water partition coefficient (Wildman–Crippen LogP) is 4.39. The molecule has 0 saturated carbocycles. The third-order valence-electron chi connectivity index (χ3n) is 5.55. The lowest BCUT2D eigenvalue weighted by Gasteiger charge is -2.32. The van der Waals surface area contributed by atoms with Gasteiger partial charge in [0.25, 0.3) is 0 Å². The van der Waals surface area contributed by atoms with Gasteiger partial charge in [-0.1, -0.05) is 32.0 Å². The summed E-state index contributed by atoms with van der Waals surface area (Å²) in [5.74, 6) is 0.838. The maximum Gasteiger partial charge on any atom is 0.225 e. The predicted molar refractivity (Wildman–Crippen MR) is 116 cm³/mol. The van der Waals surface area contributed by atoms with E-state index in [1.54, 1.807) is 12.3 Å². The van der Waals surface area contributed by atoms with E-state index in [9.17, 15) is 9.18 Å². The maximum atomic E-state index is 14.0. The van der Waals surface area contributed by atoms with Gasteiger partial charge in [0.05, 0.1) is 17.9 Å². The molecule has 7 heteroatoms.